The maximum Gasteiger partial charge on any atom is 0.322 e. The Hall–Kier alpha value is -1.69. The Morgan fingerprint density at radius 1 is 1.41 bits per heavy atom. The maximum absolute atomic E-state index is 12.5. The van der Waals surface area contributed by atoms with Gasteiger partial charge in [0.05, 0.1) is 0 Å². The lowest BCUT2D eigenvalue weighted by Gasteiger charge is -2.29. The molecule has 0 unspecified atom stereocenters. The average Bonchev–Trinajstić information content (AvgIpc) is 2.90. The number of rotatable bonds is 5. The first-order chi connectivity index (χ1) is 10.5. The van der Waals surface area contributed by atoms with Gasteiger partial charge in [-0.05, 0) is 50.8 Å². The molecule has 1 aliphatic heterocycles. The van der Waals surface area contributed by atoms with Gasteiger partial charge in [-0.25, -0.2) is 4.79 Å². The summed E-state index contributed by atoms with van der Waals surface area (Å²) in [5.74, 6) is 0.0711. The fraction of sp³-hybridized carbons (Fsp3) is 0.500. The van der Waals surface area contributed by atoms with Crippen LogP contribution in [0.1, 0.15) is 26.7 Å². The molecule has 0 saturated carbocycles. The maximum atomic E-state index is 12.5. The zero-order valence-corrected chi connectivity index (χ0v) is 14.1. The molecule has 0 radical (unpaired) electrons. The highest BCUT2D eigenvalue weighted by molar-refractivity contribution is 7.98. The quantitative estimate of drug-likeness (QED) is 0.820. The van der Waals surface area contributed by atoms with Crippen LogP contribution in [0.3, 0.4) is 0 Å². The number of carbonyl (C=O) groups is 2. The SMILES string of the molecule is CSc1ccc(NC(=O)N(C[C@H]2CCC(=O)N2)C(C)C)cc1. The summed E-state index contributed by atoms with van der Waals surface area (Å²) in [6.07, 6.45) is 3.36. The molecule has 0 spiro atoms. The molecule has 0 bridgehead atoms. The van der Waals surface area contributed by atoms with Crippen LogP contribution < -0.4 is 10.6 Å². The van der Waals surface area contributed by atoms with E-state index in [1.165, 1.54) is 0 Å². The Bertz CT molecular complexity index is 531. The highest BCUT2D eigenvalue weighted by Crippen LogP contribution is 2.18. The van der Waals surface area contributed by atoms with Crippen molar-refractivity contribution in [2.75, 3.05) is 18.1 Å². The number of nitrogens with zero attached hydrogens (tertiary/aromatic N) is 1. The summed E-state index contributed by atoms with van der Waals surface area (Å²) < 4.78 is 0. The van der Waals surface area contributed by atoms with E-state index in [0.29, 0.717) is 13.0 Å². The summed E-state index contributed by atoms with van der Waals surface area (Å²) in [6.45, 7) is 4.50. The predicted octanol–water partition coefficient (Wildman–Crippen LogP) is 2.93. The van der Waals surface area contributed by atoms with Crippen LogP contribution in [0.2, 0.25) is 0 Å². The number of anilines is 1. The molecule has 3 amide bonds. The van der Waals surface area contributed by atoms with Gasteiger partial charge in [0, 0.05) is 35.6 Å². The molecular formula is C16H23N3O2S. The van der Waals surface area contributed by atoms with Crippen molar-refractivity contribution in [1.82, 2.24) is 10.2 Å². The van der Waals surface area contributed by atoms with Gasteiger partial charge < -0.3 is 15.5 Å². The second-order valence-corrected chi connectivity index (χ2v) is 6.59. The van der Waals surface area contributed by atoms with Gasteiger partial charge >= 0.3 is 6.03 Å². The summed E-state index contributed by atoms with van der Waals surface area (Å²) in [7, 11) is 0. The summed E-state index contributed by atoms with van der Waals surface area (Å²) in [5.41, 5.74) is 0.781. The van der Waals surface area contributed by atoms with Crippen LogP contribution in [0, 0.1) is 0 Å². The Labute approximate surface area is 135 Å². The normalized spacial score (nSPS) is 17.5. The second-order valence-electron chi connectivity index (χ2n) is 5.71. The van der Waals surface area contributed by atoms with Crippen molar-refractivity contribution in [3.8, 4) is 0 Å². The number of hydrogen-bond acceptors (Lipinski definition) is 3. The molecule has 0 aliphatic carbocycles. The number of urea groups is 1. The van der Waals surface area contributed by atoms with Crippen molar-refractivity contribution >= 4 is 29.4 Å². The topological polar surface area (TPSA) is 61.4 Å². The lowest BCUT2D eigenvalue weighted by molar-refractivity contribution is -0.119. The van der Waals surface area contributed by atoms with E-state index in [2.05, 4.69) is 10.6 Å². The molecule has 22 heavy (non-hydrogen) atoms. The van der Waals surface area contributed by atoms with Gasteiger partial charge in [-0.2, -0.15) is 0 Å². The lowest BCUT2D eigenvalue weighted by Crippen LogP contribution is -2.47. The average molecular weight is 321 g/mol. The summed E-state index contributed by atoms with van der Waals surface area (Å²) in [5, 5.41) is 5.83. The van der Waals surface area contributed by atoms with E-state index in [-0.39, 0.29) is 24.0 Å². The largest absolute Gasteiger partial charge is 0.352 e. The summed E-state index contributed by atoms with van der Waals surface area (Å²) in [6, 6.07) is 7.77. The van der Waals surface area contributed by atoms with Crippen molar-refractivity contribution in [1.29, 1.82) is 0 Å². The minimum atomic E-state index is -0.131. The molecule has 5 nitrogen and oxygen atoms in total. The summed E-state index contributed by atoms with van der Waals surface area (Å²) >= 11 is 1.67. The fourth-order valence-corrected chi connectivity index (χ4v) is 2.86. The third-order valence-electron chi connectivity index (χ3n) is 3.73. The van der Waals surface area contributed by atoms with Gasteiger partial charge in [-0.15, -0.1) is 11.8 Å². The van der Waals surface area contributed by atoms with Crippen LogP contribution in [0.25, 0.3) is 0 Å². The molecule has 2 rings (SSSR count). The standard InChI is InChI=1S/C16H23N3O2S/c1-11(2)19(10-13-6-9-15(20)17-13)16(21)18-12-4-7-14(22-3)8-5-12/h4-5,7-8,11,13H,6,9-10H2,1-3H3,(H,17,20)(H,18,21)/t13-/m1/s1. The minimum absolute atomic E-state index is 0.0551. The van der Waals surface area contributed by atoms with E-state index in [1.807, 2.05) is 44.4 Å². The van der Waals surface area contributed by atoms with E-state index >= 15 is 0 Å². The van der Waals surface area contributed by atoms with Crippen LogP contribution in [-0.4, -0.2) is 41.7 Å². The van der Waals surface area contributed by atoms with Crippen molar-refractivity contribution < 1.29 is 9.59 Å². The second kappa shape index (κ2) is 7.54. The molecule has 1 fully saturated rings. The monoisotopic (exact) mass is 321 g/mol. The molecule has 6 heteroatoms. The number of hydrogen-bond donors (Lipinski definition) is 2. The van der Waals surface area contributed by atoms with Crippen LogP contribution in [0.5, 0.6) is 0 Å². The first-order valence-corrected chi connectivity index (χ1v) is 8.73. The van der Waals surface area contributed by atoms with Crippen LogP contribution in [0.15, 0.2) is 29.2 Å². The third kappa shape index (κ3) is 4.40. The van der Waals surface area contributed by atoms with E-state index in [1.54, 1.807) is 16.7 Å². The van der Waals surface area contributed by atoms with E-state index in [9.17, 15) is 9.59 Å². The molecule has 1 aliphatic rings. The Kier molecular flexibility index (Phi) is 5.71. The smallest absolute Gasteiger partial charge is 0.322 e. The van der Waals surface area contributed by atoms with Crippen molar-refractivity contribution in [3.05, 3.63) is 24.3 Å². The predicted molar refractivity (Wildman–Crippen MR) is 90.2 cm³/mol. The van der Waals surface area contributed by atoms with Crippen molar-refractivity contribution in [3.63, 3.8) is 0 Å². The first-order valence-electron chi connectivity index (χ1n) is 7.50. The lowest BCUT2D eigenvalue weighted by atomic mass is 10.2. The van der Waals surface area contributed by atoms with Crippen molar-refractivity contribution in [2.24, 2.45) is 0 Å². The molecule has 1 aromatic carbocycles. The first kappa shape index (κ1) is 16.7. The number of thioether (sulfide) groups is 1. The molecule has 120 valence electrons. The number of amides is 3. The van der Waals surface area contributed by atoms with Crippen LogP contribution >= 0.6 is 11.8 Å². The van der Waals surface area contributed by atoms with Gasteiger partial charge in [-0.1, -0.05) is 0 Å². The molecule has 2 N–H and O–H groups in total. The number of carbonyl (C=O) groups excluding carboxylic acids is 2. The molecule has 1 heterocycles. The highest BCUT2D eigenvalue weighted by atomic mass is 32.2. The number of benzene rings is 1. The van der Waals surface area contributed by atoms with Gasteiger partial charge in [0.2, 0.25) is 5.91 Å². The van der Waals surface area contributed by atoms with E-state index in [4.69, 9.17) is 0 Å². The molecular weight excluding hydrogens is 298 g/mol. The Balaban J connectivity index is 1.97. The molecule has 1 saturated heterocycles. The van der Waals surface area contributed by atoms with E-state index in [0.717, 1.165) is 17.0 Å². The van der Waals surface area contributed by atoms with Gasteiger partial charge in [0.15, 0.2) is 0 Å². The highest BCUT2D eigenvalue weighted by Gasteiger charge is 2.26. The zero-order chi connectivity index (χ0) is 16.1. The minimum Gasteiger partial charge on any atom is -0.352 e. The summed E-state index contributed by atoms with van der Waals surface area (Å²) in [4.78, 5) is 26.7. The molecule has 0 aromatic heterocycles. The van der Waals surface area contributed by atoms with Crippen LogP contribution in [-0.2, 0) is 4.79 Å². The van der Waals surface area contributed by atoms with Gasteiger partial charge in [0.1, 0.15) is 0 Å². The van der Waals surface area contributed by atoms with E-state index < -0.39 is 0 Å². The third-order valence-corrected chi connectivity index (χ3v) is 4.47. The van der Waals surface area contributed by atoms with Gasteiger partial charge in [0.25, 0.3) is 0 Å². The number of nitrogens with one attached hydrogen (secondary N) is 2. The van der Waals surface area contributed by atoms with Crippen LogP contribution in [0.4, 0.5) is 10.5 Å². The fourth-order valence-electron chi connectivity index (χ4n) is 2.45. The molecule has 1 atom stereocenters. The van der Waals surface area contributed by atoms with Crippen molar-refractivity contribution in [2.45, 2.75) is 43.7 Å². The Morgan fingerprint density at radius 2 is 2.09 bits per heavy atom. The molecule has 1 aromatic rings. The Morgan fingerprint density at radius 3 is 2.59 bits per heavy atom. The zero-order valence-electron chi connectivity index (χ0n) is 13.3. The van der Waals surface area contributed by atoms with Gasteiger partial charge in [-0.3, -0.25) is 4.79 Å².